The van der Waals surface area contributed by atoms with Crippen LogP contribution in [0.3, 0.4) is 0 Å². The zero-order valence-electron chi connectivity index (χ0n) is 14.9. The van der Waals surface area contributed by atoms with Gasteiger partial charge in [0.05, 0.1) is 16.6 Å². The number of nitrogens with zero attached hydrogens (tertiary/aromatic N) is 4. The first-order valence-electron chi connectivity index (χ1n) is 8.89. The van der Waals surface area contributed by atoms with Gasteiger partial charge in [-0.3, -0.25) is 9.48 Å². The number of amides is 1. The molecule has 3 heterocycles. The normalized spacial score (nSPS) is 19.7. The zero-order valence-corrected chi connectivity index (χ0v) is 14.9. The Balaban J connectivity index is 1.70. The highest BCUT2D eigenvalue weighted by atomic mass is 16.4. The Morgan fingerprint density at radius 1 is 1.27 bits per heavy atom. The van der Waals surface area contributed by atoms with Crippen LogP contribution in [0, 0.1) is 6.92 Å². The van der Waals surface area contributed by atoms with Crippen LogP contribution in [0.1, 0.15) is 53.3 Å². The van der Waals surface area contributed by atoms with E-state index in [1.54, 1.807) is 9.58 Å². The minimum absolute atomic E-state index is 0.0316. The predicted octanol–water partition coefficient (Wildman–Crippen LogP) is 1.21. The molecule has 2 aliphatic rings. The Labute approximate surface area is 150 Å². The quantitative estimate of drug-likeness (QED) is 0.854. The first-order valence-corrected chi connectivity index (χ1v) is 8.89. The van der Waals surface area contributed by atoms with Gasteiger partial charge in [-0.2, -0.15) is 5.10 Å². The third-order valence-electron chi connectivity index (χ3n) is 5.49. The lowest BCUT2D eigenvalue weighted by Crippen LogP contribution is -2.50. The van der Waals surface area contributed by atoms with Crippen LogP contribution in [-0.2, 0) is 11.8 Å². The van der Waals surface area contributed by atoms with E-state index in [0.717, 1.165) is 29.6 Å². The third kappa shape index (κ3) is 2.65. The summed E-state index contributed by atoms with van der Waals surface area (Å²) in [5, 5.41) is 24.4. The molecule has 0 aromatic carbocycles. The number of aliphatic carboxylic acids is 1. The molecule has 0 unspecified atom stereocenters. The summed E-state index contributed by atoms with van der Waals surface area (Å²) in [5.41, 5.74) is 1.20. The predicted molar refractivity (Wildman–Crippen MR) is 92.9 cm³/mol. The fourth-order valence-electron chi connectivity index (χ4n) is 3.69. The molecule has 1 aliphatic heterocycles. The van der Waals surface area contributed by atoms with E-state index in [0.29, 0.717) is 17.1 Å². The lowest BCUT2D eigenvalue weighted by molar-refractivity contribution is -0.162. The van der Waals surface area contributed by atoms with E-state index >= 15 is 0 Å². The largest absolute Gasteiger partial charge is 0.479 e. The molecule has 2 N–H and O–H groups in total. The number of carbonyl (C=O) groups is 2. The van der Waals surface area contributed by atoms with Crippen molar-refractivity contribution in [2.45, 2.75) is 44.1 Å². The molecule has 138 valence electrons. The number of carbonyl (C=O) groups excluding carboxylic acids is 1. The van der Waals surface area contributed by atoms with Crippen LogP contribution < -0.4 is 0 Å². The van der Waals surface area contributed by atoms with Crippen LogP contribution in [0.2, 0.25) is 0 Å². The summed E-state index contributed by atoms with van der Waals surface area (Å²) in [4.78, 5) is 30.7. The van der Waals surface area contributed by atoms with Crippen LogP contribution in [0.5, 0.6) is 0 Å². The molecule has 1 saturated carbocycles. The Hall–Kier alpha value is -2.48. The number of aromatic nitrogens is 3. The summed E-state index contributed by atoms with van der Waals surface area (Å²) in [6, 6.07) is 1.87. The Morgan fingerprint density at radius 3 is 2.50 bits per heavy atom. The number of rotatable bonds is 3. The summed E-state index contributed by atoms with van der Waals surface area (Å²) >= 11 is 0. The number of carboxylic acid groups (broad SMARTS) is 1. The second-order valence-corrected chi connectivity index (χ2v) is 7.41. The molecule has 26 heavy (non-hydrogen) atoms. The molecular formula is C18H22N4O4. The molecule has 0 bridgehead atoms. The molecule has 1 saturated heterocycles. The number of carboxylic acids is 1. The van der Waals surface area contributed by atoms with Crippen molar-refractivity contribution in [2.75, 3.05) is 13.1 Å². The lowest BCUT2D eigenvalue weighted by Gasteiger charge is -2.35. The van der Waals surface area contributed by atoms with Crippen molar-refractivity contribution < 1.29 is 19.8 Å². The summed E-state index contributed by atoms with van der Waals surface area (Å²) in [5.74, 6) is -0.975. The second kappa shape index (κ2) is 5.77. The van der Waals surface area contributed by atoms with Crippen LogP contribution in [0.4, 0.5) is 0 Å². The first kappa shape index (κ1) is 17.0. The zero-order chi connectivity index (χ0) is 18.6. The number of aliphatic hydroxyl groups is 1. The molecule has 4 rings (SSSR count). The van der Waals surface area contributed by atoms with Crippen LogP contribution in [0.25, 0.3) is 11.0 Å². The highest BCUT2D eigenvalue weighted by molar-refractivity contribution is 6.06. The van der Waals surface area contributed by atoms with Gasteiger partial charge in [0.15, 0.2) is 11.2 Å². The topological polar surface area (TPSA) is 109 Å². The van der Waals surface area contributed by atoms with Gasteiger partial charge < -0.3 is 15.1 Å². The summed E-state index contributed by atoms with van der Waals surface area (Å²) in [7, 11) is 1.82. The van der Waals surface area contributed by atoms with E-state index in [2.05, 4.69) is 5.10 Å². The van der Waals surface area contributed by atoms with E-state index in [1.807, 2.05) is 20.0 Å². The molecule has 0 atom stereocenters. The number of pyridine rings is 1. The number of fused-ring (bicyclic) bond motifs is 1. The maximum atomic E-state index is 13.2. The molecular weight excluding hydrogens is 336 g/mol. The maximum Gasteiger partial charge on any atom is 0.335 e. The van der Waals surface area contributed by atoms with E-state index < -0.39 is 11.6 Å². The molecule has 2 aromatic heterocycles. The standard InChI is InChI=1S/C18H22N4O4/c1-10-14-12(9-13(11-3-4-11)19-15(14)21(2)20-10)16(23)22-7-5-18(26,6-8-22)17(24)25/h9,11,26H,3-8H2,1-2H3,(H,24,25). The Bertz CT molecular complexity index is 908. The van der Waals surface area contributed by atoms with Gasteiger partial charge in [-0.25, -0.2) is 9.78 Å². The average Bonchev–Trinajstić information content (AvgIpc) is 3.41. The number of aryl methyl sites for hydroxylation is 2. The minimum atomic E-state index is -1.74. The van der Waals surface area contributed by atoms with Crippen molar-refractivity contribution >= 4 is 22.9 Å². The van der Waals surface area contributed by atoms with Gasteiger partial charge in [-0.15, -0.1) is 0 Å². The highest BCUT2D eigenvalue weighted by Gasteiger charge is 2.41. The van der Waals surface area contributed by atoms with Crippen molar-refractivity contribution in [1.29, 1.82) is 0 Å². The molecule has 0 spiro atoms. The van der Waals surface area contributed by atoms with Gasteiger partial charge in [-0.1, -0.05) is 0 Å². The molecule has 8 nitrogen and oxygen atoms in total. The number of likely N-dealkylation sites (tertiary alicyclic amines) is 1. The summed E-state index contributed by atoms with van der Waals surface area (Å²) in [6.45, 7) is 2.28. The first-order chi connectivity index (χ1) is 12.3. The maximum absolute atomic E-state index is 13.2. The molecule has 2 aromatic rings. The monoisotopic (exact) mass is 358 g/mol. The number of piperidine rings is 1. The van der Waals surface area contributed by atoms with Gasteiger partial charge in [0.25, 0.3) is 5.91 Å². The number of hydrogen-bond acceptors (Lipinski definition) is 5. The minimum Gasteiger partial charge on any atom is -0.479 e. The van der Waals surface area contributed by atoms with E-state index in [9.17, 15) is 14.7 Å². The van der Waals surface area contributed by atoms with Crippen LogP contribution >= 0.6 is 0 Å². The van der Waals surface area contributed by atoms with Crippen LogP contribution in [0.15, 0.2) is 6.07 Å². The third-order valence-corrected chi connectivity index (χ3v) is 5.49. The van der Waals surface area contributed by atoms with E-state index in [-0.39, 0.29) is 31.8 Å². The fraction of sp³-hybridized carbons (Fsp3) is 0.556. The number of hydrogen-bond donors (Lipinski definition) is 2. The highest BCUT2D eigenvalue weighted by Crippen LogP contribution is 2.40. The average molecular weight is 358 g/mol. The van der Waals surface area contributed by atoms with E-state index in [4.69, 9.17) is 10.1 Å². The molecule has 1 aliphatic carbocycles. The summed E-state index contributed by atoms with van der Waals surface area (Å²) < 4.78 is 1.70. The Morgan fingerprint density at radius 2 is 1.92 bits per heavy atom. The van der Waals surface area contributed by atoms with Gasteiger partial charge >= 0.3 is 5.97 Å². The van der Waals surface area contributed by atoms with Crippen molar-refractivity contribution in [2.24, 2.45) is 7.05 Å². The smallest absolute Gasteiger partial charge is 0.335 e. The molecule has 8 heteroatoms. The molecule has 2 fully saturated rings. The van der Waals surface area contributed by atoms with Crippen molar-refractivity contribution in [3.05, 3.63) is 23.0 Å². The van der Waals surface area contributed by atoms with Gasteiger partial charge in [0, 0.05) is 44.6 Å². The van der Waals surface area contributed by atoms with Crippen molar-refractivity contribution in [3.63, 3.8) is 0 Å². The van der Waals surface area contributed by atoms with Gasteiger partial charge in [0.1, 0.15) is 0 Å². The fourth-order valence-corrected chi connectivity index (χ4v) is 3.69. The van der Waals surface area contributed by atoms with E-state index in [1.165, 1.54) is 0 Å². The van der Waals surface area contributed by atoms with Crippen LogP contribution in [-0.4, -0.2) is 60.4 Å². The SMILES string of the molecule is Cc1nn(C)c2nc(C3CC3)cc(C(=O)N3CCC(O)(C(=O)O)CC3)c12. The summed E-state index contributed by atoms with van der Waals surface area (Å²) in [6.07, 6.45) is 2.23. The van der Waals surface area contributed by atoms with Crippen molar-refractivity contribution in [1.82, 2.24) is 19.7 Å². The molecule has 1 amide bonds. The van der Waals surface area contributed by atoms with Gasteiger partial charge in [0.2, 0.25) is 0 Å². The van der Waals surface area contributed by atoms with Gasteiger partial charge in [-0.05, 0) is 25.8 Å². The van der Waals surface area contributed by atoms with Crippen molar-refractivity contribution in [3.8, 4) is 0 Å². The lowest BCUT2D eigenvalue weighted by atomic mass is 9.91. The molecule has 0 radical (unpaired) electrons. The second-order valence-electron chi connectivity index (χ2n) is 7.41. The Kier molecular flexibility index (Phi) is 3.76.